The van der Waals surface area contributed by atoms with Crippen molar-refractivity contribution in [3.63, 3.8) is 0 Å². The molecule has 2 heterocycles. The lowest BCUT2D eigenvalue weighted by Crippen LogP contribution is -2.05. The number of nitrogens with zero attached hydrogens (tertiary/aromatic N) is 3. The molecule has 0 bridgehead atoms. The molecule has 0 aliphatic carbocycles. The number of hydrogen-bond acceptors (Lipinski definition) is 3. The third kappa shape index (κ3) is 1.89. The Balaban J connectivity index is 2.52. The molecule has 78 valence electrons. The molecule has 2 aromatic heterocycles. The Bertz CT molecular complexity index is 462. The van der Waals surface area contributed by atoms with E-state index in [2.05, 4.69) is 10.1 Å². The van der Waals surface area contributed by atoms with Gasteiger partial charge in [-0.25, -0.2) is 9.67 Å². The van der Waals surface area contributed by atoms with Gasteiger partial charge in [-0.3, -0.25) is 0 Å². The topological polar surface area (TPSA) is 50.9 Å². The minimum atomic E-state index is -0.543. The van der Waals surface area contributed by atoms with E-state index in [9.17, 15) is 5.11 Å². The first kappa shape index (κ1) is 9.86. The third-order valence-corrected chi connectivity index (χ3v) is 2.21. The predicted molar refractivity (Wildman–Crippen MR) is 56.7 cm³/mol. The zero-order valence-electron chi connectivity index (χ0n) is 8.75. The summed E-state index contributed by atoms with van der Waals surface area (Å²) in [6.45, 7) is 3.64. The van der Waals surface area contributed by atoms with Crippen molar-refractivity contribution in [1.82, 2.24) is 14.8 Å². The minimum Gasteiger partial charge on any atom is -0.389 e. The van der Waals surface area contributed by atoms with E-state index in [0.717, 1.165) is 11.3 Å². The summed E-state index contributed by atoms with van der Waals surface area (Å²) in [6, 6.07) is 5.56. The molecule has 2 aromatic rings. The van der Waals surface area contributed by atoms with E-state index in [0.29, 0.717) is 5.82 Å². The van der Waals surface area contributed by atoms with Crippen molar-refractivity contribution in [1.29, 1.82) is 0 Å². The Morgan fingerprint density at radius 1 is 1.40 bits per heavy atom. The highest BCUT2D eigenvalue weighted by molar-refractivity contribution is 5.34. The van der Waals surface area contributed by atoms with Crippen LogP contribution in [0.4, 0.5) is 0 Å². The van der Waals surface area contributed by atoms with E-state index in [1.807, 2.05) is 31.3 Å². The highest BCUT2D eigenvalue weighted by Crippen LogP contribution is 2.18. The van der Waals surface area contributed by atoms with Crippen molar-refractivity contribution in [3.05, 3.63) is 41.9 Å². The van der Waals surface area contributed by atoms with Crippen LogP contribution < -0.4 is 0 Å². The highest BCUT2D eigenvalue weighted by Gasteiger charge is 2.10. The Morgan fingerprint density at radius 2 is 2.20 bits per heavy atom. The van der Waals surface area contributed by atoms with Gasteiger partial charge in [-0.05, 0) is 26.0 Å². The summed E-state index contributed by atoms with van der Waals surface area (Å²) >= 11 is 0. The van der Waals surface area contributed by atoms with Crippen molar-refractivity contribution in [2.24, 2.45) is 0 Å². The average molecular weight is 203 g/mol. The summed E-state index contributed by atoms with van der Waals surface area (Å²) < 4.78 is 1.68. The largest absolute Gasteiger partial charge is 0.389 e. The Kier molecular flexibility index (Phi) is 2.51. The van der Waals surface area contributed by atoms with Gasteiger partial charge in [0.2, 0.25) is 0 Å². The van der Waals surface area contributed by atoms with Crippen molar-refractivity contribution < 1.29 is 5.11 Å². The zero-order chi connectivity index (χ0) is 10.8. The number of rotatable bonds is 2. The van der Waals surface area contributed by atoms with E-state index in [1.165, 1.54) is 0 Å². The lowest BCUT2D eigenvalue weighted by Gasteiger charge is -2.09. The summed E-state index contributed by atoms with van der Waals surface area (Å²) in [7, 11) is 0. The molecule has 0 aliphatic rings. The van der Waals surface area contributed by atoms with E-state index < -0.39 is 6.10 Å². The van der Waals surface area contributed by atoms with Gasteiger partial charge < -0.3 is 5.11 Å². The highest BCUT2D eigenvalue weighted by atomic mass is 16.3. The number of aliphatic hydroxyl groups is 1. The van der Waals surface area contributed by atoms with E-state index >= 15 is 0 Å². The molecule has 0 saturated carbocycles. The lowest BCUT2D eigenvalue weighted by molar-refractivity contribution is 0.198. The second-order valence-electron chi connectivity index (χ2n) is 3.49. The number of hydrogen-bond donors (Lipinski definition) is 1. The van der Waals surface area contributed by atoms with Crippen LogP contribution in [0.25, 0.3) is 5.82 Å². The summed E-state index contributed by atoms with van der Waals surface area (Å²) in [6.07, 6.45) is 2.99. The molecule has 0 aromatic carbocycles. The molecule has 4 heteroatoms. The second-order valence-corrected chi connectivity index (χ2v) is 3.49. The molecule has 0 amide bonds. The molecule has 0 aliphatic heterocycles. The van der Waals surface area contributed by atoms with Crippen molar-refractivity contribution in [2.75, 3.05) is 0 Å². The van der Waals surface area contributed by atoms with E-state index in [1.54, 1.807) is 17.8 Å². The van der Waals surface area contributed by atoms with Gasteiger partial charge in [0.1, 0.15) is 0 Å². The molecule has 1 atom stereocenters. The SMILES string of the molecule is Cc1ccn(-c2ncccc2[C@@H](C)O)n1. The molecule has 0 fully saturated rings. The van der Waals surface area contributed by atoms with Crippen LogP contribution in [0.1, 0.15) is 24.3 Å². The second kappa shape index (κ2) is 3.82. The van der Waals surface area contributed by atoms with E-state index in [4.69, 9.17) is 0 Å². The molecule has 4 nitrogen and oxygen atoms in total. The first-order valence-electron chi connectivity index (χ1n) is 4.84. The first-order valence-corrected chi connectivity index (χ1v) is 4.84. The number of aryl methyl sites for hydroxylation is 1. The maximum atomic E-state index is 9.59. The molecule has 0 saturated heterocycles. The standard InChI is InChI=1S/C11H13N3O/c1-8-5-7-14(13-8)11-10(9(2)15)4-3-6-12-11/h3-7,9,15H,1-2H3/t9-/m1/s1. The first-order chi connectivity index (χ1) is 7.18. The van der Waals surface area contributed by atoms with Crippen LogP contribution in [0.5, 0.6) is 0 Å². The smallest absolute Gasteiger partial charge is 0.159 e. The number of aromatic nitrogens is 3. The van der Waals surface area contributed by atoms with Gasteiger partial charge in [0.25, 0.3) is 0 Å². The van der Waals surface area contributed by atoms with Crippen LogP contribution in [0.3, 0.4) is 0 Å². The summed E-state index contributed by atoms with van der Waals surface area (Å²) in [5.41, 5.74) is 1.71. The normalized spacial score (nSPS) is 12.7. The summed E-state index contributed by atoms with van der Waals surface area (Å²) in [5, 5.41) is 13.9. The molecule has 0 spiro atoms. The van der Waals surface area contributed by atoms with Gasteiger partial charge in [0.05, 0.1) is 11.8 Å². The monoisotopic (exact) mass is 203 g/mol. The third-order valence-electron chi connectivity index (χ3n) is 2.21. The fourth-order valence-electron chi connectivity index (χ4n) is 1.46. The minimum absolute atomic E-state index is 0.543. The maximum Gasteiger partial charge on any atom is 0.159 e. The molecule has 2 rings (SSSR count). The van der Waals surface area contributed by atoms with Gasteiger partial charge in [-0.2, -0.15) is 5.10 Å². The van der Waals surface area contributed by atoms with Crippen molar-refractivity contribution in [2.45, 2.75) is 20.0 Å². The van der Waals surface area contributed by atoms with Crippen LogP contribution in [0, 0.1) is 6.92 Å². The molecule has 15 heavy (non-hydrogen) atoms. The van der Waals surface area contributed by atoms with E-state index in [-0.39, 0.29) is 0 Å². The zero-order valence-corrected chi connectivity index (χ0v) is 8.75. The van der Waals surface area contributed by atoms with Gasteiger partial charge in [0.15, 0.2) is 5.82 Å². The molecular formula is C11H13N3O. The Morgan fingerprint density at radius 3 is 2.80 bits per heavy atom. The Labute approximate surface area is 88.2 Å². The predicted octanol–water partition coefficient (Wildman–Crippen LogP) is 1.63. The molecule has 0 radical (unpaired) electrons. The molecule has 1 N–H and O–H groups in total. The molecular weight excluding hydrogens is 190 g/mol. The molecule has 0 unspecified atom stereocenters. The van der Waals surface area contributed by atoms with Crippen LogP contribution in [0.2, 0.25) is 0 Å². The van der Waals surface area contributed by atoms with Gasteiger partial charge in [-0.1, -0.05) is 6.07 Å². The van der Waals surface area contributed by atoms with Crippen LogP contribution in [0.15, 0.2) is 30.6 Å². The number of aliphatic hydroxyl groups excluding tert-OH is 1. The van der Waals surface area contributed by atoms with Gasteiger partial charge >= 0.3 is 0 Å². The fraction of sp³-hybridized carbons (Fsp3) is 0.273. The van der Waals surface area contributed by atoms with Gasteiger partial charge in [0, 0.05) is 18.0 Å². The lowest BCUT2D eigenvalue weighted by atomic mass is 10.1. The number of pyridine rings is 1. The van der Waals surface area contributed by atoms with Gasteiger partial charge in [-0.15, -0.1) is 0 Å². The summed E-state index contributed by atoms with van der Waals surface area (Å²) in [4.78, 5) is 4.22. The Hall–Kier alpha value is -1.68. The summed E-state index contributed by atoms with van der Waals surface area (Å²) in [5.74, 6) is 0.681. The van der Waals surface area contributed by atoms with Crippen LogP contribution >= 0.6 is 0 Å². The van der Waals surface area contributed by atoms with Crippen molar-refractivity contribution in [3.8, 4) is 5.82 Å². The van der Waals surface area contributed by atoms with Crippen LogP contribution in [-0.2, 0) is 0 Å². The maximum absolute atomic E-state index is 9.59. The quantitative estimate of drug-likeness (QED) is 0.807. The van der Waals surface area contributed by atoms with Crippen LogP contribution in [-0.4, -0.2) is 19.9 Å². The fourth-order valence-corrected chi connectivity index (χ4v) is 1.46. The average Bonchev–Trinajstić information content (AvgIpc) is 2.65. The van der Waals surface area contributed by atoms with Crippen molar-refractivity contribution >= 4 is 0 Å².